The molecule has 0 saturated heterocycles. The van der Waals surface area contributed by atoms with Crippen molar-refractivity contribution in [3.05, 3.63) is 35.4 Å². The molecule has 0 aromatic heterocycles. The van der Waals surface area contributed by atoms with Gasteiger partial charge in [-0.2, -0.15) is 0 Å². The predicted octanol–water partition coefficient (Wildman–Crippen LogP) is 1.66. The highest BCUT2D eigenvalue weighted by Gasteiger charge is 2.20. The Morgan fingerprint density at radius 1 is 1.38 bits per heavy atom. The fourth-order valence-electron chi connectivity index (χ4n) is 2.32. The van der Waals surface area contributed by atoms with Gasteiger partial charge in [0.05, 0.1) is 6.26 Å². The lowest BCUT2D eigenvalue weighted by Crippen LogP contribution is -2.28. The van der Waals surface area contributed by atoms with E-state index in [9.17, 15) is 8.42 Å². The Morgan fingerprint density at radius 3 is 2.88 bits per heavy atom. The maximum atomic E-state index is 11.1. The van der Waals surface area contributed by atoms with Crippen LogP contribution in [0.4, 0.5) is 0 Å². The van der Waals surface area contributed by atoms with Crippen LogP contribution in [0.15, 0.2) is 24.3 Å². The summed E-state index contributed by atoms with van der Waals surface area (Å²) < 4.78 is 24.8. The second-order valence-corrected chi connectivity index (χ2v) is 6.24. The van der Waals surface area contributed by atoms with E-state index in [0.29, 0.717) is 12.5 Å². The quantitative estimate of drug-likeness (QED) is 0.872. The Bertz CT molecular complexity index is 468. The van der Waals surface area contributed by atoms with Crippen molar-refractivity contribution in [2.75, 3.05) is 12.8 Å². The second kappa shape index (κ2) is 4.55. The summed E-state index contributed by atoms with van der Waals surface area (Å²) in [7, 11) is -3.08. The summed E-state index contributed by atoms with van der Waals surface area (Å²) in [5, 5.41) is 0. The van der Waals surface area contributed by atoms with Crippen molar-refractivity contribution in [2.45, 2.75) is 25.2 Å². The van der Waals surface area contributed by atoms with Crippen LogP contribution in [-0.2, 0) is 16.4 Å². The Hall–Kier alpha value is -0.870. The van der Waals surface area contributed by atoms with Gasteiger partial charge >= 0.3 is 0 Å². The van der Waals surface area contributed by atoms with E-state index < -0.39 is 10.0 Å². The van der Waals surface area contributed by atoms with E-state index in [1.165, 1.54) is 17.4 Å². The van der Waals surface area contributed by atoms with E-state index >= 15 is 0 Å². The molecule has 0 aliphatic heterocycles. The topological polar surface area (TPSA) is 46.2 Å². The molecule has 2 rings (SSSR count). The van der Waals surface area contributed by atoms with Crippen molar-refractivity contribution < 1.29 is 8.42 Å². The molecule has 0 spiro atoms. The molecule has 0 fully saturated rings. The Kier molecular flexibility index (Phi) is 3.30. The van der Waals surface area contributed by atoms with Crippen LogP contribution < -0.4 is 4.72 Å². The molecule has 1 N–H and O–H groups in total. The van der Waals surface area contributed by atoms with Gasteiger partial charge in [0.25, 0.3) is 0 Å². The van der Waals surface area contributed by atoms with E-state index in [4.69, 9.17) is 0 Å². The number of benzene rings is 1. The summed E-state index contributed by atoms with van der Waals surface area (Å²) in [4.78, 5) is 0. The van der Waals surface area contributed by atoms with Gasteiger partial charge in [-0.15, -0.1) is 0 Å². The molecular weight excluding hydrogens is 222 g/mol. The van der Waals surface area contributed by atoms with Crippen molar-refractivity contribution in [3.8, 4) is 0 Å². The van der Waals surface area contributed by atoms with Crippen LogP contribution in [0, 0.1) is 0 Å². The van der Waals surface area contributed by atoms with E-state index in [0.717, 1.165) is 19.3 Å². The Balaban J connectivity index is 2.13. The molecule has 3 nitrogen and oxygen atoms in total. The van der Waals surface area contributed by atoms with Crippen LogP contribution in [0.2, 0.25) is 0 Å². The molecule has 1 unspecified atom stereocenters. The number of hydrogen-bond donors (Lipinski definition) is 1. The van der Waals surface area contributed by atoms with E-state index in [1.807, 2.05) is 12.1 Å². The molecule has 0 heterocycles. The first kappa shape index (κ1) is 11.6. The van der Waals surface area contributed by atoms with Gasteiger partial charge in [0.15, 0.2) is 0 Å². The zero-order valence-corrected chi connectivity index (χ0v) is 10.3. The smallest absolute Gasteiger partial charge is 0.208 e. The summed E-state index contributed by atoms with van der Waals surface area (Å²) in [5.41, 5.74) is 2.68. The Morgan fingerprint density at radius 2 is 2.12 bits per heavy atom. The molecule has 1 aliphatic carbocycles. The van der Waals surface area contributed by atoms with Crippen molar-refractivity contribution >= 4 is 10.0 Å². The molecule has 1 aromatic rings. The molecule has 16 heavy (non-hydrogen) atoms. The number of aryl methyl sites for hydroxylation is 1. The molecule has 0 amide bonds. The summed E-state index contributed by atoms with van der Waals surface area (Å²) >= 11 is 0. The average Bonchev–Trinajstić information content (AvgIpc) is 2.25. The highest BCUT2D eigenvalue weighted by molar-refractivity contribution is 7.88. The van der Waals surface area contributed by atoms with Crippen molar-refractivity contribution in [2.24, 2.45) is 0 Å². The van der Waals surface area contributed by atoms with Gasteiger partial charge in [-0.3, -0.25) is 0 Å². The van der Waals surface area contributed by atoms with E-state index in [1.54, 1.807) is 0 Å². The maximum Gasteiger partial charge on any atom is 0.208 e. The molecule has 4 heteroatoms. The van der Waals surface area contributed by atoms with Gasteiger partial charge in [0, 0.05) is 6.54 Å². The van der Waals surface area contributed by atoms with Crippen LogP contribution in [0.25, 0.3) is 0 Å². The van der Waals surface area contributed by atoms with Crippen LogP contribution >= 0.6 is 0 Å². The predicted molar refractivity (Wildman–Crippen MR) is 65.0 cm³/mol. The zero-order valence-electron chi connectivity index (χ0n) is 9.44. The van der Waals surface area contributed by atoms with Crippen LogP contribution in [0.5, 0.6) is 0 Å². The molecule has 88 valence electrons. The van der Waals surface area contributed by atoms with E-state index in [-0.39, 0.29) is 0 Å². The normalized spacial score (nSPS) is 20.4. The lowest BCUT2D eigenvalue weighted by molar-refractivity contribution is 0.531. The largest absolute Gasteiger partial charge is 0.215 e. The third kappa shape index (κ3) is 2.83. The number of sulfonamides is 1. The van der Waals surface area contributed by atoms with Gasteiger partial charge in [-0.25, -0.2) is 13.1 Å². The van der Waals surface area contributed by atoms with Gasteiger partial charge in [0.2, 0.25) is 10.0 Å². The molecule has 0 bridgehead atoms. The summed E-state index contributed by atoms with van der Waals surface area (Å²) in [6.07, 6.45) is 4.54. The third-order valence-corrected chi connectivity index (χ3v) is 3.78. The SMILES string of the molecule is CS(=O)(=O)NCC1CCCc2ccccc21. The first-order chi connectivity index (χ1) is 7.56. The number of hydrogen-bond acceptors (Lipinski definition) is 2. The van der Waals surface area contributed by atoms with Crippen molar-refractivity contribution in [1.29, 1.82) is 0 Å². The number of rotatable bonds is 3. The standard InChI is InChI=1S/C12H17NO2S/c1-16(14,15)13-9-11-7-4-6-10-5-2-3-8-12(10)11/h2-3,5,8,11,13H,4,6-7,9H2,1H3. The zero-order chi connectivity index (χ0) is 11.6. The van der Waals surface area contributed by atoms with E-state index in [2.05, 4.69) is 16.9 Å². The lowest BCUT2D eigenvalue weighted by Gasteiger charge is -2.25. The highest BCUT2D eigenvalue weighted by atomic mass is 32.2. The number of fused-ring (bicyclic) bond motifs is 1. The number of nitrogens with one attached hydrogen (secondary N) is 1. The first-order valence-corrected chi connectivity index (χ1v) is 7.48. The molecule has 1 aliphatic rings. The fourth-order valence-corrected chi connectivity index (χ4v) is 2.82. The van der Waals surface area contributed by atoms with Gasteiger partial charge in [-0.1, -0.05) is 24.3 Å². The minimum Gasteiger partial charge on any atom is -0.215 e. The summed E-state index contributed by atoms with van der Waals surface area (Å²) in [5.74, 6) is 0.333. The summed E-state index contributed by atoms with van der Waals surface area (Å²) in [6, 6.07) is 8.33. The third-order valence-electron chi connectivity index (χ3n) is 3.09. The van der Waals surface area contributed by atoms with Crippen molar-refractivity contribution in [1.82, 2.24) is 4.72 Å². The minimum atomic E-state index is -3.08. The van der Waals surface area contributed by atoms with Crippen LogP contribution in [-0.4, -0.2) is 21.2 Å². The highest BCUT2D eigenvalue weighted by Crippen LogP contribution is 2.30. The average molecular weight is 239 g/mol. The maximum absolute atomic E-state index is 11.1. The molecule has 1 atom stereocenters. The molecule has 1 aromatic carbocycles. The van der Waals surface area contributed by atoms with Crippen molar-refractivity contribution in [3.63, 3.8) is 0 Å². The van der Waals surface area contributed by atoms with Gasteiger partial charge in [0.1, 0.15) is 0 Å². The minimum absolute atomic E-state index is 0.333. The monoisotopic (exact) mass is 239 g/mol. The molecule has 0 radical (unpaired) electrons. The Labute approximate surface area is 96.9 Å². The molecule has 0 saturated carbocycles. The van der Waals surface area contributed by atoms with Crippen LogP contribution in [0.3, 0.4) is 0 Å². The first-order valence-electron chi connectivity index (χ1n) is 5.59. The van der Waals surface area contributed by atoms with Gasteiger partial charge < -0.3 is 0 Å². The lowest BCUT2D eigenvalue weighted by atomic mass is 9.83. The van der Waals surface area contributed by atoms with Crippen LogP contribution in [0.1, 0.15) is 29.9 Å². The fraction of sp³-hybridized carbons (Fsp3) is 0.500. The summed E-state index contributed by atoms with van der Waals surface area (Å²) in [6.45, 7) is 0.524. The molecular formula is C12H17NO2S. The second-order valence-electron chi connectivity index (χ2n) is 4.41. The van der Waals surface area contributed by atoms with Gasteiger partial charge in [-0.05, 0) is 36.3 Å².